The van der Waals surface area contributed by atoms with Crippen molar-refractivity contribution in [2.45, 2.75) is 45.3 Å². The van der Waals surface area contributed by atoms with Crippen molar-refractivity contribution in [1.29, 1.82) is 0 Å². The van der Waals surface area contributed by atoms with E-state index in [1.165, 1.54) is 11.3 Å². The molecule has 0 spiro atoms. The fourth-order valence-electron chi connectivity index (χ4n) is 2.91. The molecule has 25 heavy (non-hydrogen) atoms. The number of nitrogens with zero attached hydrogens (tertiary/aromatic N) is 4. The summed E-state index contributed by atoms with van der Waals surface area (Å²) in [5.74, 6) is 1.09. The highest BCUT2D eigenvalue weighted by Crippen LogP contribution is 2.32. The van der Waals surface area contributed by atoms with Gasteiger partial charge in [0, 0.05) is 19.1 Å². The van der Waals surface area contributed by atoms with Gasteiger partial charge in [-0.05, 0) is 19.4 Å². The van der Waals surface area contributed by atoms with Gasteiger partial charge in [0.1, 0.15) is 23.1 Å². The van der Waals surface area contributed by atoms with Crippen molar-refractivity contribution in [3.63, 3.8) is 0 Å². The Labute approximate surface area is 150 Å². The zero-order chi connectivity index (χ0) is 17.8. The van der Waals surface area contributed by atoms with Crippen molar-refractivity contribution in [3.8, 4) is 0 Å². The molecule has 0 aliphatic carbocycles. The zero-order valence-corrected chi connectivity index (χ0v) is 15.5. The minimum Gasteiger partial charge on any atom is -0.377 e. The lowest BCUT2D eigenvalue weighted by atomic mass is 10.1. The lowest BCUT2D eigenvalue weighted by Crippen LogP contribution is -2.33. The first-order valence-corrected chi connectivity index (χ1v) is 9.20. The maximum absolute atomic E-state index is 12.3. The Kier molecular flexibility index (Phi) is 5.77. The van der Waals surface area contributed by atoms with Crippen LogP contribution in [-0.2, 0) is 16.1 Å². The normalized spacial score (nSPS) is 18.2. The summed E-state index contributed by atoms with van der Waals surface area (Å²) in [6.07, 6.45) is 2.02. The van der Waals surface area contributed by atoms with Crippen molar-refractivity contribution < 1.29 is 14.1 Å². The zero-order valence-electron chi connectivity index (χ0n) is 14.7. The Bertz CT molecular complexity index is 714. The van der Waals surface area contributed by atoms with Crippen LogP contribution in [0.1, 0.15) is 55.1 Å². The lowest BCUT2D eigenvalue weighted by molar-refractivity contribution is -0.117. The molecule has 0 unspecified atom stereocenters. The molecule has 3 heterocycles. The summed E-state index contributed by atoms with van der Waals surface area (Å²) in [5, 5.41) is 16.2. The Balaban J connectivity index is 1.59. The summed E-state index contributed by atoms with van der Waals surface area (Å²) in [6.45, 7) is 5.71. The van der Waals surface area contributed by atoms with E-state index < -0.39 is 0 Å². The van der Waals surface area contributed by atoms with Gasteiger partial charge in [0.05, 0.1) is 12.6 Å². The largest absolute Gasteiger partial charge is 0.377 e. The first-order chi connectivity index (χ1) is 12.1. The standard InChI is InChI=1S/C16H23N5O3S/c1-10(2)13-7-11(20-24-13)12-5-4-6-21(12)8-14(22)17-16-19-18-15(25-16)9-23-3/h7,10,12H,4-6,8-9H2,1-3H3,(H,17,19,22)/t12-/m1/s1. The van der Waals surface area contributed by atoms with Crippen LogP contribution >= 0.6 is 11.3 Å². The molecule has 1 aliphatic rings. The van der Waals surface area contributed by atoms with Gasteiger partial charge in [-0.1, -0.05) is 30.3 Å². The smallest absolute Gasteiger partial charge is 0.240 e. The molecule has 1 amide bonds. The highest BCUT2D eigenvalue weighted by atomic mass is 32.1. The topological polar surface area (TPSA) is 93.4 Å². The van der Waals surface area contributed by atoms with Crippen LogP contribution in [0.2, 0.25) is 0 Å². The number of nitrogens with one attached hydrogen (secondary N) is 1. The fraction of sp³-hybridized carbons (Fsp3) is 0.625. The molecule has 1 atom stereocenters. The Morgan fingerprint density at radius 2 is 2.36 bits per heavy atom. The molecule has 1 N–H and O–H groups in total. The molecule has 1 fully saturated rings. The van der Waals surface area contributed by atoms with Crippen LogP contribution in [0.5, 0.6) is 0 Å². The van der Waals surface area contributed by atoms with Crippen molar-refractivity contribution >= 4 is 22.4 Å². The number of carbonyl (C=O) groups excluding carboxylic acids is 1. The van der Waals surface area contributed by atoms with Crippen LogP contribution < -0.4 is 5.32 Å². The number of rotatable bonds is 7. The Morgan fingerprint density at radius 3 is 3.08 bits per heavy atom. The minimum absolute atomic E-state index is 0.0976. The first-order valence-electron chi connectivity index (χ1n) is 8.38. The third kappa shape index (κ3) is 4.42. The predicted molar refractivity (Wildman–Crippen MR) is 93.4 cm³/mol. The average molecular weight is 365 g/mol. The molecule has 0 radical (unpaired) electrons. The number of ether oxygens (including phenoxy) is 1. The highest BCUT2D eigenvalue weighted by Gasteiger charge is 2.30. The van der Waals surface area contributed by atoms with Crippen LogP contribution in [0.25, 0.3) is 0 Å². The molecule has 136 valence electrons. The van der Waals surface area contributed by atoms with Gasteiger partial charge in [-0.3, -0.25) is 15.0 Å². The van der Waals surface area contributed by atoms with Crippen LogP contribution in [0, 0.1) is 0 Å². The van der Waals surface area contributed by atoms with Crippen molar-refractivity contribution in [1.82, 2.24) is 20.3 Å². The van der Waals surface area contributed by atoms with E-state index in [1.807, 2.05) is 6.07 Å². The van der Waals surface area contributed by atoms with Crippen molar-refractivity contribution in [3.05, 3.63) is 22.5 Å². The molecule has 3 rings (SSSR count). The van der Waals surface area contributed by atoms with E-state index >= 15 is 0 Å². The predicted octanol–water partition coefficient (Wildman–Crippen LogP) is 2.57. The Hall–Kier alpha value is -1.84. The van der Waals surface area contributed by atoms with Gasteiger partial charge in [0.15, 0.2) is 0 Å². The summed E-state index contributed by atoms with van der Waals surface area (Å²) >= 11 is 1.32. The Morgan fingerprint density at radius 1 is 1.52 bits per heavy atom. The molecule has 1 saturated heterocycles. The van der Waals surface area contributed by atoms with E-state index in [-0.39, 0.29) is 11.9 Å². The van der Waals surface area contributed by atoms with Gasteiger partial charge in [0.25, 0.3) is 0 Å². The number of anilines is 1. The number of methoxy groups -OCH3 is 1. The number of carbonyl (C=O) groups is 1. The number of hydrogen-bond acceptors (Lipinski definition) is 8. The van der Waals surface area contributed by atoms with E-state index in [0.717, 1.165) is 35.8 Å². The summed E-state index contributed by atoms with van der Waals surface area (Å²) in [7, 11) is 1.60. The average Bonchev–Trinajstić information content (AvgIpc) is 3.27. The summed E-state index contributed by atoms with van der Waals surface area (Å²) in [6, 6.07) is 2.13. The number of likely N-dealkylation sites (tertiary alicyclic amines) is 1. The molecule has 2 aromatic heterocycles. The number of hydrogen-bond donors (Lipinski definition) is 1. The minimum atomic E-state index is -0.0976. The maximum Gasteiger partial charge on any atom is 0.240 e. The van der Waals surface area contributed by atoms with E-state index in [9.17, 15) is 4.79 Å². The molecule has 2 aromatic rings. The van der Waals surface area contributed by atoms with E-state index in [0.29, 0.717) is 24.2 Å². The van der Waals surface area contributed by atoms with Gasteiger partial charge in [-0.25, -0.2) is 0 Å². The van der Waals surface area contributed by atoms with Gasteiger partial charge >= 0.3 is 0 Å². The second-order valence-electron chi connectivity index (χ2n) is 6.42. The molecule has 9 heteroatoms. The molecule has 0 aromatic carbocycles. The second-order valence-corrected chi connectivity index (χ2v) is 7.48. The van der Waals surface area contributed by atoms with Gasteiger partial charge < -0.3 is 9.26 Å². The fourth-order valence-corrected chi connectivity index (χ4v) is 3.64. The van der Waals surface area contributed by atoms with Crippen LogP contribution in [0.15, 0.2) is 10.6 Å². The van der Waals surface area contributed by atoms with Crippen LogP contribution in [-0.4, -0.2) is 46.4 Å². The third-order valence-electron chi connectivity index (χ3n) is 4.15. The first kappa shape index (κ1) is 18.0. The van der Waals surface area contributed by atoms with E-state index in [2.05, 4.69) is 39.4 Å². The third-order valence-corrected chi connectivity index (χ3v) is 4.96. The van der Waals surface area contributed by atoms with Crippen molar-refractivity contribution in [2.24, 2.45) is 0 Å². The lowest BCUT2D eigenvalue weighted by Gasteiger charge is -2.21. The van der Waals surface area contributed by atoms with Gasteiger partial charge in [0.2, 0.25) is 11.0 Å². The molecule has 0 bridgehead atoms. The molecular weight excluding hydrogens is 342 g/mol. The highest BCUT2D eigenvalue weighted by molar-refractivity contribution is 7.15. The maximum atomic E-state index is 12.3. The SMILES string of the molecule is COCc1nnc(NC(=O)CN2CCC[C@@H]2c2cc(C(C)C)on2)s1. The van der Waals surface area contributed by atoms with E-state index in [1.54, 1.807) is 7.11 Å². The quantitative estimate of drug-likeness (QED) is 0.806. The molecular formula is C16H23N5O3S. The molecule has 0 saturated carbocycles. The van der Waals surface area contributed by atoms with Gasteiger partial charge in [-0.2, -0.15) is 0 Å². The molecule has 8 nitrogen and oxygen atoms in total. The van der Waals surface area contributed by atoms with Crippen LogP contribution in [0.4, 0.5) is 5.13 Å². The molecule has 1 aliphatic heterocycles. The van der Waals surface area contributed by atoms with Crippen molar-refractivity contribution in [2.75, 3.05) is 25.5 Å². The monoisotopic (exact) mass is 365 g/mol. The van der Waals surface area contributed by atoms with Gasteiger partial charge in [-0.15, -0.1) is 10.2 Å². The summed E-state index contributed by atoms with van der Waals surface area (Å²) < 4.78 is 10.4. The van der Waals surface area contributed by atoms with E-state index in [4.69, 9.17) is 9.26 Å². The number of aromatic nitrogens is 3. The second kappa shape index (κ2) is 8.03. The number of amides is 1. The summed E-state index contributed by atoms with van der Waals surface area (Å²) in [5.41, 5.74) is 0.910. The summed E-state index contributed by atoms with van der Waals surface area (Å²) in [4.78, 5) is 14.5. The van der Waals surface area contributed by atoms with Crippen LogP contribution in [0.3, 0.4) is 0 Å².